The summed E-state index contributed by atoms with van der Waals surface area (Å²) in [6.45, 7) is 0.635. The molecule has 0 bridgehead atoms. The molecule has 0 saturated heterocycles. The number of carboxylic acid groups (broad SMARTS) is 1. The summed E-state index contributed by atoms with van der Waals surface area (Å²) in [5.74, 6) is -0.890. The molecule has 2 aromatic rings. The lowest BCUT2D eigenvalue weighted by molar-refractivity contribution is -0.137. The van der Waals surface area contributed by atoms with Crippen molar-refractivity contribution in [2.24, 2.45) is 0 Å². The zero-order valence-corrected chi connectivity index (χ0v) is 12.7. The van der Waals surface area contributed by atoms with E-state index in [2.05, 4.69) is 0 Å². The quantitative estimate of drug-likeness (QED) is 0.850. The molecule has 6 nitrogen and oxygen atoms in total. The van der Waals surface area contributed by atoms with Gasteiger partial charge in [0.15, 0.2) is 5.76 Å². The fraction of sp³-hybridized carbons (Fsp3) is 0.375. The lowest BCUT2D eigenvalue weighted by atomic mass is 10.1. The number of aliphatic carboxylic acids is 1. The van der Waals surface area contributed by atoms with Crippen LogP contribution in [0.5, 0.6) is 0 Å². The third kappa shape index (κ3) is 3.46. The summed E-state index contributed by atoms with van der Waals surface area (Å²) in [5.41, 5.74) is 1.35. The van der Waals surface area contributed by atoms with Crippen LogP contribution in [0.25, 0.3) is 11.0 Å². The van der Waals surface area contributed by atoms with Crippen LogP contribution in [0.3, 0.4) is 0 Å². The number of para-hydroxylation sites is 1. The van der Waals surface area contributed by atoms with Crippen LogP contribution >= 0.6 is 0 Å². The minimum atomic E-state index is -0.871. The van der Waals surface area contributed by atoms with Crippen LogP contribution in [0, 0.1) is 0 Å². The topological polar surface area (TPSA) is 80.0 Å². The highest BCUT2D eigenvalue weighted by atomic mass is 16.5. The number of fused-ring (bicyclic) bond motifs is 1. The lowest BCUT2D eigenvalue weighted by Crippen LogP contribution is -2.28. The summed E-state index contributed by atoms with van der Waals surface area (Å²) in [6, 6.07) is 7.40. The van der Waals surface area contributed by atoms with Gasteiger partial charge >= 0.3 is 5.97 Å². The van der Waals surface area contributed by atoms with Gasteiger partial charge in [0, 0.05) is 38.1 Å². The molecule has 0 aliphatic heterocycles. The van der Waals surface area contributed by atoms with E-state index in [1.165, 1.54) is 4.90 Å². The van der Waals surface area contributed by atoms with Gasteiger partial charge < -0.3 is 19.2 Å². The predicted molar refractivity (Wildman–Crippen MR) is 80.8 cm³/mol. The highest BCUT2D eigenvalue weighted by Crippen LogP contribution is 2.27. The van der Waals surface area contributed by atoms with Crippen molar-refractivity contribution >= 4 is 22.8 Å². The maximum Gasteiger partial charge on any atom is 0.303 e. The second-order valence-corrected chi connectivity index (χ2v) is 5.06. The fourth-order valence-electron chi connectivity index (χ4n) is 2.30. The molecule has 0 atom stereocenters. The normalized spacial score (nSPS) is 10.8. The number of methoxy groups -OCH3 is 1. The maximum atomic E-state index is 12.5. The summed E-state index contributed by atoms with van der Waals surface area (Å²) >= 11 is 0. The first kappa shape index (κ1) is 16.0. The summed E-state index contributed by atoms with van der Waals surface area (Å²) < 4.78 is 10.8. The first-order chi connectivity index (χ1) is 10.5. The Morgan fingerprint density at radius 2 is 2.05 bits per heavy atom. The van der Waals surface area contributed by atoms with Gasteiger partial charge in [-0.15, -0.1) is 0 Å². The number of carboxylic acids is 1. The van der Waals surface area contributed by atoms with Crippen molar-refractivity contribution in [1.82, 2.24) is 4.90 Å². The van der Waals surface area contributed by atoms with Crippen LogP contribution in [0.15, 0.2) is 28.7 Å². The van der Waals surface area contributed by atoms with Gasteiger partial charge in [-0.25, -0.2) is 0 Å². The molecular weight excluding hydrogens is 286 g/mol. The van der Waals surface area contributed by atoms with Gasteiger partial charge in [-0.05, 0) is 12.5 Å². The maximum absolute atomic E-state index is 12.5. The van der Waals surface area contributed by atoms with E-state index < -0.39 is 5.97 Å². The van der Waals surface area contributed by atoms with Gasteiger partial charge in [-0.1, -0.05) is 18.2 Å². The van der Waals surface area contributed by atoms with Gasteiger partial charge in [0.05, 0.1) is 6.61 Å². The molecule has 0 saturated carbocycles. The van der Waals surface area contributed by atoms with Gasteiger partial charge in [-0.2, -0.15) is 0 Å². The Hall–Kier alpha value is -2.34. The minimum absolute atomic E-state index is 0.0304. The number of hydrogen-bond donors (Lipinski definition) is 1. The molecule has 1 amide bonds. The van der Waals surface area contributed by atoms with E-state index >= 15 is 0 Å². The van der Waals surface area contributed by atoms with Crippen molar-refractivity contribution < 1.29 is 23.8 Å². The van der Waals surface area contributed by atoms with Gasteiger partial charge in [0.25, 0.3) is 5.91 Å². The van der Waals surface area contributed by atoms with Crippen molar-refractivity contribution in [3.8, 4) is 0 Å². The number of nitrogens with zero attached hydrogens (tertiary/aromatic N) is 1. The van der Waals surface area contributed by atoms with E-state index in [-0.39, 0.29) is 24.7 Å². The predicted octanol–water partition coefficient (Wildman–Crippen LogP) is 2.52. The van der Waals surface area contributed by atoms with Gasteiger partial charge in [-0.3, -0.25) is 9.59 Å². The van der Waals surface area contributed by atoms with E-state index in [4.69, 9.17) is 14.3 Å². The molecule has 0 aliphatic carbocycles. The molecule has 2 rings (SSSR count). The summed E-state index contributed by atoms with van der Waals surface area (Å²) in [7, 11) is 3.19. The van der Waals surface area contributed by atoms with E-state index in [0.717, 1.165) is 5.39 Å². The average molecular weight is 305 g/mol. The van der Waals surface area contributed by atoms with Crippen molar-refractivity contribution in [3.63, 3.8) is 0 Å². The van der Waals surface area contributed by atoms with Crippen LogP contribution in [-0.2, 0) is 16.1 Å². The van der Waals surface area contributed by atoms with E-state index in [9.17, 15) is 9.59 Å². The number of rotatable bonds is 7. The number of carbonyl (C=O) groups is 2. The summed E-state index contributed by atoms with van der Waals surface area (Å²) in [6.07, 6.45) is 0.431. The van der Waals surface area contributed by atoms with Crippen molar-refractivity contribution in [2.75, 3.05) is 20.7 Å². The SMILES string of the molecule is COCc1c(C(=O)N(C)CCCC(=O)O)oc2ccccc12. The lowest BCUT2D eigenvalue weighted by Gasteiger charge is -2.15. The average Bonchev–Trinajstić information content (AvgIpc) is 2.85. The number of hydrogen-bond acceptors (Lipinski definition) is 4. The Bertz CT molecular complexity index is 676. The molecule has 6 heteroatoms. The number of amides is 1. The Kier molecular flexibility index (Phi) is 5.16. The molecule has 0 unspecified atom stereocenters. The second-order valence-electron chi connectivity index (χ2n) is 5.06. The fourth-order valence-corrected chi connectivity index (χ4v) is 2.30. The van der Waals surface area contributed by atoms with E-state index in [1.54, 1.807) is 20.2 Å². The summed E-state index contributed by atoms with van der Waals surface area (Å²) in [5, 5.41) is 9.51. The molecular formula is C16H19NO5. The molecule has 22 heavy (non-hydrogen) atoms. The van der Waals surface area contributed by atoms with E-state index in [1.807, 2.05) is 18.2 Å². The van der Waals surface area contributed by atoms with Crippen molar-refractivity contribution in [3.05, 3.63) is 35.6 Å². The van der Waals surface area contributed by atoms with Gasteiger partial charge in [0.2, 0.25) is 0 Å². The molecule has 1 heterocycles. The molecule has 1 N–H and O–H groups in total. The molecule has 0 radical (unpaired) electrons. The van der Waals surface area contributed by atoms with Crippen LogP contribution in [0.1, 0.15) is 29.0 Å². The van der Waals surface area contributed by atoms with Crippen LogP contribution < -0.4 is 0 Å². The molecule has 1 aromatic carbocycles. The number of furan rings is 1. The second kappa shape index (κ2) is 7.09. The molecule has 0 fully saturated rings. The minimum Gasteiger partial charge on any atom is -0.481 e. The van der Waals surface area contributed by atoms with Crippen LogP contribution in [-0.4, -0.2) is 42.6 Å². The highest BCUT2D eigenvalue weighted by molar-refractivity contribution is 5.98. The molecule has 1 aromatic heterocycles. The zero-order chi connectivity index (χ0) is 16.1. The zero-order valence-electron chi connectivity index (χ0n) is 12.7. The first-order valence-electron chi connectivity index (χ1n) is 7.01. The van der Waals surface area contributed by atoms with Gasteiger partial charge in [0.1, 0.15) is 5.58 Å². The monoisotopic (exact) mass is 305 g/mol. The molecule has 0 aliphatic rings. The third-order valence-electron chi connectivity index (χ3n) is 3.41. The Morgan fingerprint density at radius 1 is 1.32 bits per heavy atom. The molecule has 0 spiro atoms. The summed E-state index contributed by atoms with van der Waals surface area (Å²) in [4.78, 5) is 24.5. The van der Waals surface area contributed by atoms with Crippen molar-refractivity contribution in [1.29, 1.82) is 0 Å². The Labute approximate surface area is 128 Å². The Balaban J connectivity index is 2.23. The number of carbonyl (C=O) groups excluding carboxylic acids is 1. The number of ether oxygens (including phenoxy) is 1. The smallest absolute Gasteiger partial charge is 0.303 e. The van der Waals surface area contributed by atoms with Crippen LogP contribution in [0.4, 0.5) is 0 Å². The van der Waals surface area contributed by atoms with Crippen molar-refractivity contribution in [2.45, 2.75) is 19.4 Å². The standard InChI is InChI=1S/C16H19NO5/c1-17(9-5-8-14(18)19)16(20)15-12(10-21-2)11-6-3-4-7-13(11)22-15/h3-4,6-7H,5,8-10H2,1-2H3,(H,18,19). The number of benzene rings is 1. The first-order valence-corrected chi connectivity index (χ1v) is 7.01. The third-order valence-corrected chi connectivity index (χ3v) is 3.41. The highest BCUT2D eigenvalue weighted by Gasteiger charge is 2.23. The van der Waals surface area contributed by atoms with Crippen LogP contribution in [0.2, 0.25) is 0 Å². The molecule has 118 valence electrons. The largest absolute Gasteiger partial charge is 0.481 e. The Morgan fingerprint density at radius 3 is 2.73 bits per heavy atom. The van der Waals surface area contributed by atoms with E-state index in [0.29, 0.717) is 24.1 Å².